The van der Waals surface area contributed by atoms with Gasteiger partial charge < -0.3 is 34.2 Å². The summed E-state index contributed by atoms with van der Waals surface area (Å²) in [5.74, 6) is 1.86. The Balaban J connectivity index is 1.11. The smallest absolute Gasteiger partial charge is 0.247 e. The third kappa shape index (κ3) is 6.03. The molecule has 1 aliphatic rings. The lowest BCUT2D eigenvalue weighted by Gasteiger charge is -2.38. The van der Waals surface area contributed by atoms with E-state index >= 15 is 0 Å². The van der Waals surface area contributed by atoms with Crippen LogP contribution in [0.15, 0.2) is 53.3 Å². The van der Waals surface area contributed by atoms with Crippen LogP contribution in [-0.4, -0.2) is 99.9 Å². The van der Waals surface area contributed by atoms with Gasteiger partial charge in [0.15, 0.2) is 17.1 Å². The zero-order valence-electron chi connectivity index (χ0n) is 25.1. The first-order chi connectivity index (χ1) is 21.4. The summed E-state index contributed by atoms with van der Waals surface area (Å²) in [4.78, 5) is 27.2. The Bertz CT molecular complexity index is 1690. The largest absolute Gasteiger partial charge is 0.491 e. The molecule has 1 aromatic carbocycles. The Hall–Kier alpha value is -4.69. The van der Waals surface area contributed by atoms with Gasteiger partial charge in [0.1, 0.15) is 18.4 Å². The van der Waals surface area contributed by atoms with Gasteiger partial charge in [-0.2, -0.15) is 14.6 Å². The van der Waals surface area contributed by atoms with Crippen molar-refractivity contribution in [2.45, 2.75) is 19.9 Å². The molecule has 5 aromatic rings. The third-order valence-electron chi connectivity index (χ3n) is 7.63. The van der Waals surface area contributed by atoms with Gasteiger partial charge in [-0.3, -0.25) is 9.48 Å². The van der Waals surface area contributed by atoms with E-state index in [0.29, 0.717) is 67.8 Å². The number of amides is 1. The van der Waals surface area contributed by atoms with Gasteiger partial charge in [0.25, 0.3) is 0 Å². The Kier molecular flexibility index (Phi) is 8.61. The summed E-state index contributed by atoms with van der Waals surface area (Å²) >= 11 is 0. The van der Waals surface area contributed by atoms with Gasteiger partial charge >= 0.3 is 0 Å². The van der Waals surface area contributed by atoms with Crippen molar-refractivity contribution < 1.29 is 23.4 Å². The van der Waals surface area contributed by atoms with Gasteiger partial charge in [0.2, 0.25) is 17.7 Å². The molecule has 1 aliphatic heterocycles. The fraction of sp³-hybridized carbons (Fsp3) is 0.433. The minimum Gasteiger partial charge on any atom is -0.491 e. The van der Waals surface area contributed by atoms with Crippen molar-refractivity contribution in [3.63, 3.8) is 0 Å². The first-order valence-corrected chi connectivity index (χ1v) is 14.7. The molecule has 5 heterocycles. The second-order valence-electron chi connectivity index (χ2n) is 10.9. The fourth-order valence-electron chi connectivity index (χ4n) is 5.37. The number of piperazine rings is 1. The molecule has 0 aliphatic carbocycles. The van der Waals surface area contributed by atoms with Crippen LogP contribution in [0, 0.1) is 5.92 Å². The highest BCUT2D eigenvalue weighted by atomic mass is 16.5. The molecule has 14 nitrogen and oxygen atoms in total. The highest BCUT2D eigenvalue weighted by molar-refractivity contribution is 5.91. The van der Waals surface area contributed by atoms with E-state index in [-0.39, 0.29) is 17.8 Å². The molecular weight excluding hydrogens is 566 g/mol. The van der Waals surface area contributed by atoms with E-state index in [9.17, 15) is 4.79 Å². The first kappa shape index (κ1) is 29.4. The molecule has 4 aromatic heterocycles. The molecule has 1 saturated heterocycles. The van der Waals surface area contributed by atoms with Crippen molar-refractivity contribution in [1.29, 1.82) is 0 Å². The van der Waals surface area contributed by atoms with E-state index in [4.69, 9.17) is 24.4 Å². The number of carbonyl (C=O) groups excluding carboxylic acids is 1. The molecule has 6 rings (SSSR count). The van der Waals surface area contributed by atoms with E-state index in [0.717, 1.165) is 24.5 Å². The van der Waals surface area contributed by atoms with Crippen LogP contribution in [-0.2, 0) is 14.3 Å². The second-order valence-corrected chi connectivity index (χ2v) is 10.9. The SMILES string of the molecule is COCCOCCOc1ccc(N2CCN(C(=O)C(C(C)C)n3cc4c(nc(N)n5nc(-c6ccco6)nc45)n3)CC2)cc1. The Morgan fingerprint density at radius 2 is 1.77 bits per heavy atom. The molecule has 1 atom stereocenters. The van der Waals surface area contributed by atoms with Crippen LogP contribution < -0.4 is 15.4 Å². The lowest BCUT2D eigenvalue weighted by atomic mass is 10.0. The summed E-state index contributed by atoms with van der Waals surface area (Å²) in [7, 11) is 1.65. The number of methoxy groups -OCH3 is 1. The van der Waals surface area contributed by atoms with Gasteiger partial charge in [0.05, 0.1) is 31.5 Å². The maximum absolute atomic E-state index is 13.9. The molecule has 1 fully saturated rings. The van der Waals surface area contributed by atoms with Crippen molar-refractivity contribution in [1.82, 2.24) is 34.3 Å². The van der Waals surface area contributed by atoms with E-state index in [1.807, 2.05) is 49.2 Å². The third-order valence-corrected chi connectivity index (χ3v) is 7.63. The number of hydrogen-bond donors (Lipinski definition) is 1. The van der Waals surface area contributed by atoms with Crippen LogP contribution in [0.5, 0.6) is 5.75 Å². The molecule has 0 saturated carbocycles. The Labute approximate surface area is 254 Å². The van der Waals surface area contributed by atoms with E-state index in [1.165, 1.54) is 4.52 Å². The summed E-state index contributed by atoms with van der Waals surface area (Å²) in [5, 5.41) is 9.79. The van der Waals surface area contributed by atoms with Crippen LogP contribution in [0.4, 0.5) is 11.6 Å². The van der Waals surface area contributed by atoms with E-state index < -0.39 is 6.04 Å². The average molecular weight is 604 g/mol. The molecule has 44 heavy (non-hydrogen) atoms. The summed E-state index contributed by atoms with van der Waals surface area (Å²) in [6.45, 7) is 8.79. The number of nitrogen functional groups attached to an aromatic ring is 1. The van der Waals surface area contributed by atoms with Gasteiger partial charge in [0, 0.05) is 45.2 Å². The van der Waals surface area contributed by atoms with Crippen LogP contribution in [0.1, 0.15) is 19.9 Å². The molecule has 0 spiro atoms. The zero-order valence-corrected chi connectivity index (χ0v) is 25.1. The summed E-state index contributed by atoms with van der Waals surface area (Å²) in [5.41, 5.74) is 8.19. The maximum Gasteiger partial charge on any atom is 0.247 e. The first-order valence-electron chi connectivity index (χ1n) is 14.7. The number of benzene rings is 1. The van der Waals surface area contributed by atoms with Gasteiger partial charge in [-0.1, -0.05) is 13.8 Å². The number of fused-ring (bicyclic) bond motifs is 3. The van der Waals surface area contributed by atoms with Crippen LogP contribution in [0.25, 0.3) is 28.3 Å². The van der Waals surface area contributed by atoms with Gasteiger partial charge in [-0.15, -0.1) is 5.10 Å². The number of rotatable bonds is 12. The molecule has 2 N–H and O–H groups in total. The molecule has 0 radical (unpaired) electrons. The molecular formula is C30H37N9O5. The minimum absolute atomic E-state index is 0.0160. The van der Waals surface area contributed by atoms with Crippen LogP contribution >= 0.6 is 0 Å². The number of nitrogens with two attached hydrogens (primary N) is 1. The molecule has 0 bridgehead atoms. The normalized spacial score (nSPS) is 14.6. The maximum atomic E-state index is 13.9. The molecule has 1 amide bonds. The highest BCUT2D eigenvalue weighted by Gasteiger charge is 2.32. The average Bonchev–Trinajstić information content (AvgIpc) is 3.80. The van der Waals surface area contributed by atoms with Crippen molar-refractivity contribution in [2.75, 3.05) is 70.3 Å². The number of nitrogens with zero attached hydrogens (tertiary/aromatic N) is 8. The Morgan fingerprint density at radius 3 is 2.48 bits per heavy atom. The van der Waals surface area contributed by atoms with E-state index in [1.54, 1.807) is 30.2 Å². The zero-order chi connectivity index (χ0) is 30.6. The lowest BCUT2D eigenvalue weighted by Crippen LogP contribution is -2.51. The van der Waals surface area contributed by atoms with E-state index in [2.05, 4.69) is 25.1 Å². The minimum atomic E-state index is -0.514. The monoisotopic (exact) mass is 603 g/mol. The van der Waals surface area contributed by atoms with Crippen molar-refractivity contribution in [2.24, 2.45) is 5.92 Å². The summed E-state index contributed by atoms with van der Waals surface area (Å²) in [6.07, 6.45) is 3.37. The Morgan fingerprint density at radius 1 is 1.00 bits per heavy atom. The molecule has 14 heteroatoms. The fourth-order valence-corrected chi connectivity index (χ4v) is 5.37. The van der Waals surface area contributed by atoms with Crippen LogP contribution in [0.3, 0.4) is 0 Å². The van der Waals surface area contributed by atoms with Crippen molar-refractivity contribution >= 4 is 34.2 Å². The van der Waals surface area contributed by atoms with Gasteiger partial charge in [-0.05, 0) is 42.3 Å². The number of furan rings is 1. The molecule has 1 unspecified atom stereocenters. The second kappa shape index (κ2) is 12.9. The number of aromatic nitrogens is 6. The van der Waals surface area contributed by atoms with Crippen LogP contribution in [0.2, 0.25) is 0 Å². The summed E-state index contributed by atoms with van der Waals surface area (Å²) in [6, 6.07) is 11.1. The molecule has 232 valence electrons. The highest BCUT2D eigenvalue weighted by Crippen LogP contribution is 2.28. The number of carbonyl (C=O) groups is 1. The lowest BCUT2D eigenvalue weighted by molar-refractivity contribution is -0.136. The predicted molar refractivity (Wildman–Crippen MR) is 163 cm³/mol. The number of ether oxygens (including phenoxy) is 3. The van der Waals surface area contributed by atoms with Crippen molar-refractivity contribution in [3.8, 4) is 17.3 Å². The quantitative estimate of drug-likeness (QED) is 0.210. The number of hydrogen-bond acceptors (Lipinski definition) is 11. The topological polar surface area (TPSA) is 151 Å². The predicted octanol–water partition coefficient (Wildman–Crippen LogP) is 2.90. The number of anilines is 2. The summed E-state index contributed by atoms with van der Waals surface area (Å²) < 4.78 is 24.8. The van der Waals surface area contributed by atoms with Gasteiger partial charge in [-0.25, -0.2) is 4.98 Å². The standard InChI is InChI=1S/C30H37N9O5/c1-20(2)25(38-19-23-26(34-38)33-30(31)39-28(23)32-27(35-39)24-5-4-14-44-24)29(40)37-12-10-36(11-13-37)21-6-8-22(9-7-21)43-18-17-42-16-15-41-3/h4-9,14,19-20,25H,10-13,15-18H2,1-3H3,(H2,31,33,34). The van der Waals surface area contributed by atoms with Crippen molar-refractivity contribution in [3.05, 3.63) is 48.9 Å².